The zero-order chi connectivity index (χ0) is 98.8. The third kappa shape index (κ3) is 20.2. The second kappa shape index (κ2) is 40.7. The maximum absolute atomic E-state index is 12.9. The molecule has 0 aliphatic carbocycles. The number of anilines is 5. The van der Waals surface area contributed by atoms with Crippen LogP contribution in [0.3, 0.4) is 0 Å². The highest BCUT2D eigenvalue weighted by Gasteiger charge is 2.37. The number of methoxy groups -OCH3 is 4. The number of alkyl halides is 3. The van der Waals surface area contributed by atoms with Crippen LogP contribution in [0.4, 0.5) is 41.6 Å². The third-order valence-electron chi connectivity index (χ3n) is 27.3. The number of rotatable bonds is 15. The van der Waals surface area contributed by atoms with Gasteiger partial charge in [0, 0.05) is 250 Å². The standard InChI is InChI=1S/C22H24N4O3.2C21H22N6O.C21H24N4O3.C20H17F3N6O/c1-28-19-5-3-14(7-20(19)29-2)18-8-22(27)26-13-17(4-6-21(26)24-18)25-11-15-9-23-10-16(15)12-25;1-14-15(2)26-12-16(3-5-19(26)23-14)18-11-21(28)27-13-17(4-6-20(27)24-18)25-9-7-22-8-10-25;1-2-16-13-26-12-15(3-5-19(26)23-16)18-11-21(28)27-14-17(4-6-20(27)24-18)25-9-7-22-8-10-25;1-27-18-5-3-14(11-19(18)28-2)17-12-21(26)25-13-16(4-6-20(25)23-17)24-9-7-15(22)8-10-24;21-20(22,23)16-12-28-10-13(1-3-17(28)26-16)15-9-19(30)29-11-14(2-4-18(29)25-15)27-7-5-24-6-8-27/h3-8,13,15-16,23H,9-12H2,1-2H3;3-6,11-13,22H,7-10H2,1-2H3;3-6,11-14,22H,2,7-10H2,1H3;3-6,11-13,15H,7-10,22H2,1-2H3;1-4,9-12,24H,5-8H2/t15-,16+;;;;. The Morgan fingerprint density at radius 2 is 0.657 bits per heavy atom. The maximum atomic E-state index is 12.9. The maximum Gasteiger partial charge on any atom is 0.434 e. The first kappa shape index (κ1) is 94.7. The first-order valence-electron chi connectivity index (χ1n) is 47.9. The summed E-state index contributed by atoms with van der Waals surface area (Å²) in [7, 11) is 6.36. The van der Waals surface area contributed by atoms with Crippen molar-refractivity contribution in [2.75, 3.05) is 171 Å². The minimum Gasteiger partial charge on any atom is -0.493 e. The van der Waals surface area contributed by atoms with Crippen LogP contribution < -0.4 is 98.2 Å². The van der Waals surface area contributed by atoms with Crippen LogP contribution >= 0.6 is 0 Å². The van der Waals surface area contributed by atoms with E-state index < -0.39 is 11.9 Å². The van der Waals surface area contributed by atoms with Gasteiger partial charge in [-0.2, -0.15) is 13.2 Å². The molecule has 143 heavy (non-hydrogen) atoms. The van der Waals surface area contributed by atoms with E-state index in [1.54, 1.807) is 88.6 Å². The number of aryl methyl sites for hydroxylation is 3. The lowest BCUT2D eigenvalue weighted by Crippen LogP contribution is -2.43. The molecule has 6 saturated heterocycles. The molecule has 734 valence electrons. The molecular formula is C105H109F3N26O9. The van der Waals surface area contributed by atoms with Gasteiger partial charge in [0.05, 0.1) is 96.7 Å². The highest BCUT2D eigenvalue weighted by Crippen LogP contribution is 2.37. The topological polar surface area (TPSA) is 351 Å². The van der Waals surface area contributed by atoms with Crippen molar-refractivity contribution in [3.63, 3.8) is 0 Å². The highest BCUT2D eigenvalue weighted by atomic mass is 19.4. The summed E-state index contributed by atoms with van der Waals surface area (Å²) in [5.41, 5.74) is 24.6. The number of pyridine rings is 8. The van der Waals surface area contributed by atoms with Gasteiger partial charge in [-0.15, -0.1) is 0 Å². The van der Waals surface area contributed by atoms with E-state index in [0.717, 1.165) is 222 Å². The van der Waals surface area contributed by atoms with E-state index in [1.807, 2.05) is 175 Å². The number of benzene rings is 2. The second-order valence-corrected chi connectivity index (χ2v) is 36.2. The number of hydrogen-bond acceptors (Lipinski definition) is 27. The van der Waals surface area contributed by atoms with Crippen LogP contribution in [-0.4, -0.2) is 227 Å². The van der Waals surface area contributed by atoms with Crippen molar-refractivity contribution in [3.8, 4) is 79.3 Å². The molecule has 16 aromatic heterocycles. The van der Waals surface area contributed by atoms with E-state index in [4.69, 9.17) is 39.6 Å². The lowest BCUT2D eigenvalue weighted by molar-refractivity contribution is -0.140. The number of nitrogens with zero attached hydrogens (tertiary/aromatic N) is 21. The largest absolute Gasteiger partial charge is 0.493 e. The third-order valence-corrected chi connectivity index (χ3v) is 27.3. The molecule has 0 saturated carbocycles. The number of hydrogen-bond donors (Lipinski definition) is 5. The van der Waals surface area contributed by atoms with E-state index in [0.29, 0.717) is 97.1 Å². The monoisotopic (exact) mass is 1930 g/mol. The van der Waals surface area contributed by atoms with E-state index in [2.05, 4.69) is 83.7 Å². The fourth-order valence-corrected chi connectivity index (χ4v) is 19.2. The van der Waals surface area contributed by atoms with Gasteiger partial charge < -0.3 is 83.6 Å². The molecule has 0 bridgehead atoms. The summed E-state index contributed by atoms with van der Waals surface area (Å²) in [6.45, 7) is 23.3. The molecule has 6 fully saturated rings. The summed E-state index contributed by atoms with van der Waals surface area (Å²) in [5.74, 6) is 3.89. The van der Waals surface area contributed by atoms with E-state index >= 15 is 0 Å². The number of fused-ring (bicyclic) bond motifs is 9. The van der Waals surface area contributed by atoms with E-state index in [-0.39, 0.29) is 39.5 Å². The number of nitrogens with one attached hydrogen (secondary N) is 4. The Hall–Kier alpha value is -15.9. The van der Waals surface area contributed by atoms with Crippen LogP contribution in [0.1, 0.15) is 42.5 Å². The molecule has 0 radical (unpaired) electrons. The molecule has 38 heteroatoms. The van der Waals surface area contributed by atoms with Gasteiger partial charge in [-0.3, -0.25) is 46.0 Å². The van der Waals surface area contributed by atoms with Crippen molar-refractivity contribution in [3.05, 3.63) is 300 Å². The van der Waals surface area contributed by atoms with Crippen molar-refractivity contribution in [2.24, 2.45) is 17.6 Å². The summed E-state index contributed by atoms with van der Waals surface area (Å²) < 4.78 is 73.3. The van der Waals surface area contributed by atoms with Gasteiger partial charge in [0.25, 0.3) is 27.8 Å². The Bertz CT molecular complexity index is 8140. The normalized spacial score (nSPS) is 16.2. The minimum atomic E-state index is -4.52. The molecule has 35 nitrogen and oxygen atoms in total. The van der Waals surface area contributed by atoms with Crippen molar-refractivity contribution in [1.82, 2.24) is 96.3 Å². The number of halogens is 3. The first-order valence-corrected chi connectivity index (χ1v) is 47.9. The van der Waals surface area contributed by atoms with Crippen molar-refractivity contribution < 1.29 is 32.1 Å². The molecule has 0 unspecified atom stereocenters. The zero-order valence-electron chi connectivity index (χ0n) is 80.2. The lowest BCUT2D eigenvalue weighted by Gasteiger charge is -2.32. The van der Waals surface area contributed by atoms with E-state index in [1.165, 1.54) is 27.1 Å². The van der Waals surface area contributed by atoms with Crippen molar-refractivity contribution >= 4 is 73.6 Å². The number of ether oxygens (including phenoxy) is 4. The van der Waals surface area contributed by atoms with Crippen LogP contribution in [0.25, 0.3) is 101 Å². The van der Waals surface area contributed by atoms with Crippen LogP contribution in [-0.2, 0) is 12.6 Å². The molecule has 0 spiro atoms. The van der Waals surface area contributed by atoms with Gasteiger partial charge in [-0.1, -0.05) is 6.92 Å². The average molecular weight is 1940 g/mol. The molecule has 6 aliphatic heterocycles. The average Bonchev–Trinajstić information content (AvgIpc) is 1.76. The second-order valence-electron chi connectivity index (χ2n) is 36.2. The summed E-state index contributed by atoms with van der Waals surface area (Å²) in [4.78, 5) is 111. The molecule has 18 aromatic rings. The summed E-state index contributed by atoms with van der Waals surface area (Å²) >= 11 is 0. The highest BCUT2D eigenvalue weighted by molar-refractivity contribution is 5.72. The molecule has 6 aliphatic rings. The lowest BCUT2D eigenvalue weighted by atomic mass is 10.0. The van der Waals surface area contributed by atoms with E-state index in [9.17, 15) is 37.1 Å². The van der Waals surface area contributed by atoms with Crippen LogP contribution in [0, 0.1) is 25.7 Å². The number of imidazole rings is 3. The fourth-order valence-electron chi connectivity index (χ4n) is 19.2. The Morgan fingerprint density at radius 3 is 1.03 bits per heavy atom. The van der Waals surface area contributed by atoms with Gasteiger partial charge in [-0.25, -0.2) is 39.9 Å². The van der Waals surface area contributed by atoms with Gasteiger partial charge in [0.2, 0.25) is 0 Å². The number of nitrogens with two attached hydrogens (primary N) is 1. The molecule has 6 N–H and O–H groups in total. The van der Waals surface area contributed by atoms with Gasteiger partial charge >= 0.3 is 6.18 Å². The molecule has 2 atom stereocenters. The quantitative estimate of drug-likeness (QED) is 0.0636. The number of aromatic nitrogens is 16. The predicted molar refractivity (Wildman–Crippen MR) is 548 cm³/mol. The van der Waals surface area contributed by atoms with Crippen LogP contribution in [0.2, 0.25) is 0 Å². The van der Waals surface area contributed by atoms with Gasteiger partial charge in [0.1, 0.15) is 45.2 Å². The number of piperazine rings is 3. The summed E-state index contributed by atoms with van der Waals surface area (Å²) in [5, 5.41) is 13.4. The molecule has 22 heterocycles. The van der Waals surface area contributed by atoms with Crippen LogP contribution in [0.5, 0.6) is 23.0 Å². The zero-order valence-corrected chi connectivity index (χ0v) is 80.2. The van der Waals surface area contributed by atoms with Gasteiger partial charge in [0.15, 0.2) is 28.7 Å². The SMILES string of the molecule is CCc1cn2cc(-c3cc(=O)n4cc(N5CCNCC5)ccc4n3)ccc2n1.COc1ccc(-c2cc(=O)n3cc(N4CCC(N)CC4)ccc3n2)cc1OC.COc1ccc(-c2cc(=O)n3cc(N4C[C@H]5CNC[C@H]5C4)ccc3n2)cc1OC.Cc1nc2ccc(-c3cc(=O)n4cc(N5CCNCC5)ccc4n3)cn2c1C.O=c1cc(-c2ccc3nc(C(F)(F)F)cn3c2)nc2ccc(N3CCNCC3)cn12. The molecule has 24 rings (SSSR count). The smallest absolute Gasteiger partial charge is 0.434 e. The molecule has 2 aromatic carbocycles. The van der Waals surface area contributed by atoms with Gasteiger partial charge in [-0.05, 0) is 178 Å². The summed E-state index contributed by atoms with van der Waals surface area (Å²) in [6.07, 6.45) is 16.0. The minimum absolute atomic E-state index is 0.0723. The van der Waals surface area contributed by atoms with Crippen molar-refractivity contribution in [2.45, 2.75) is 52.3 Å². The fraction of sp³-hybridized carbons (Fsp3) is 0.305. The first-order chi connectivity index (χ1) is 69.4. The van der Waals surface area contributed by atoms with Crippen LogP contribution in [0.15, 0.2) is 250 Å². The summed E-state index contributed by atoms with van der Waals surface area (Å²) in [6, 6.07) is 49.5. The Kier molecular flexibility index (Phi) is 27.0. The molecular weight excluding hydrogens is 1830 g/mol. The Morgan fingerprint density at radius 1 is 0.336 bits per heavy atom. The van der Waals surface area contributed by atoms with Crippen molar-refractivity contribution in [1.29, 1.82) is 0 Å². The Labute approximate surface area is 817 Å². The predicted octanol–water partition coefficient (Wildman–Crippen LogP) is 10.8. The molecule has 0 amide bonds. The Balaban J connectivity index is 0.000000109. The number of piperidine rings is 1.